The lowest BCUT2D eigenvalue weighted by Gasteiger charge is -2.23. The topological polar surface area (TPSA) is 71.2 Å². The summed E-state index contributed by atoms with van der Waals surface area (Å²) >= 11 is 0. The maximum Gasteiger partial charge on any atom is 0.230 e. The van der Waals surface area contributed by atoms with Gasteiger partial charge in [0.25, 0.3) is 0 Å². The molecule has 0 amide bonds. The average molecular weight is 300 g/mol. The van der Waals surface area contributed by atoms with Gasteiger partial charge in [0.1, 0.15) is 12.1 Å². The van der Waals surface area contributed by atoms with Crippen LogP contribution in [0, 0.1) is 25.7 Å². The van der Waals surface area contributed by atoms with Crippen molar-refractivity contribution in [3.63, 3.8) is 0 Å². The van der Waals surface area contributed by atoms with Crippen LogP contribution in [0.15, 0.2) is 17.1 Å². The number of fused-ring (bicyclic) bond motifs is 1. The Bertz CT molecular complexity index is 644. The van der Waals surface area contributed by atoms with E-state index in [-0.39, 0.29) is 0 Å². The van der Waals surface area contributed by atoms with Crippen molar-refractivity contribution in [1.29, 1.82) is 0 Å². The molecule has 0 aromatic carbocycles. The normalized spacial score (nSPS) is 24.9. The molecule has 2 unspecified atom stereocenters. The molecule has 2 aliphatic heterocycles. The molecule has 2 aliphatic rings. The Morgan fingerprint density at radius 2 is 1.91 bits per heavy atom. The van der Waals surface area contributed by atoms with Gasteiger partial charge in [-0.05, 0) is 25.7 Å². The van der Waals surface area contributed by atoms with Crippen LogP contribution in [0.1, 0.15) is 17.1 Å². The van der Waals surface area contributed by atoms with E-state index in [9.17, 15) is 0 Å². The van der Waals surface area contributed by atoms with Crippen molar-refractivity contribution in [2.45, 2.75) is 20.4 Å². The Morgan fingerprint density at radius 3 is 2.59 bits per heavy atom. The van der Waals surface area contributed by atoms with Crippen LogP contribution in [0.3, 0.4) is 0 Å². The molecule has 2 aromatic heterocycles. The molecule has 7 heteroatoms. The van der Waals surface area contributed by atoms with Gasteiger partial charge in [-0.15, -0.1) is 10.2 Å². The van der Waals surface area contributed by atoms with Crippen LogP contribution in [0.2, 0.25) is 0 Å². The van der Waals surface area contributed by atoms with Crippen LogP contribution in [-0.2, 0) is 6.54 Å². The molecule has 2 fully saturated rings. The molecule has 4 rings (SSSR count). The molecule has 0 saturated carbocycles. The minimum atomic E-state index is 0.692. The molecule has 0 bridgehead atoms. The zero-order chi connectivity index (χ0) is 15.1. The molecular formula is C15H20N6O. The highest BCUT2D eigenvalue weighted by Crippen LogP contribution is 2.34. The van der Waals surface area contributed by atoms with Gasteiger partial charge in [-0.1, -0.05) is 0 Å². The third kappa shape index (κ3) is 2.35. The molecule has 2 atom stereocenters. The van der Waals surface area contributed by atoms with Gasteiger partial charge < -0.3 is 9.32 Å². The lowest BCUT2D eigenvalue weighted by atomic mass is 10.0. The Labute approximate surface area is 129 Å². The summed E-state index contributed by atoms with van der Waals surface area (Å²) in [5, 5.41) is 7.71. The summed E-state index contributed by atoms with van der Waals surface area (Å²) in [5.74, 6) is 3.19. The van der Waals surface area contributed by atoms with E-state index in [4.69, 9.17) is 4.42 Å². The Hall–Kier alpha value is -2.02. The largest absolute Gasteiger partial charge is 0.427 e. The quantitative estimate of drug-likeness (QED) is 0.838. The third-order valence-corrected chi connectivity index (χ3v) is 4.93. The fourth-order valence-electron chi connectivity index (χ4n) is 3.69. The number of aromatic nitrogens is 4. The van der Waals surface area contributed by atoms with Crippen molar-refractivity contribution in [1.82, 2.24) is 25.1 Å². The minimum Gasteiger partial charge on any atom is -0.427 e. The molecule has 116 valence electrons. The van der Waals surface area contributed by atoms with Crippen molar-refractivity contribution in [3.05, 3.63) is 29.9 Å². The molecule has 0 spiro atoms. The van der Waals surface area contributed by atoms with Gasteiger partial charge in [-0.2, -0.15) is 0 Å². The summed E-state index contributed by atoms with van der Waals surface area (Å²) in [7, 11) is 0. The van der Waals surface area contributed by atoms with Gasteiger partial charge in [-0.3, -0.25) is 4.90 Å². The molecule has 0 aliphatic carbocycles. The van der Waals surface area contributed by atoms with Crippen LogP contribution >= 0.6 is 0 Å². The smallest absolute Gasteiger partial charge is 0.230 e. The monoisotopic (exact) mass is 300 g/mol. The van der Waals surface area contributed by atoms with Crippen LogP contribution in [0.4, 0.5) is 5.82 Å². The number of nitrogens with zero attached hydrogens (tertiary/aromatic N) is 6. The lowest BCUT2D eigenvalue weighted by molar-refractivity contribution is 0.274. The predicted octanol–water partition coefficient (Wildman–Crippen LogP) is 1.04. The maximum absolute atomic E-state index is 5.25. The molecular weight excluding hydrogens is 280 g/mol. The first-order chi connectivity index (χ1) is 10.7. The first-order valence-electron chi connectivity index (χ1n) is 7.71. The van der Waals surface area contributed by atoms with Crippen molar-refractivity contribution in [2.75, 3.05) is 31.1 Å². The van der Waals surface area contributed by atoms with Crippen LogP contribution in [-0.4, -0.2) is 51.2 Å². The predicted molar refractivity (Wildman–Crippen MR) is 80.3 cm³/mol. The van der Waals surface area contributed by atoms with E-state index in [2.05, 4.69) is 36.9 Å². The van der Waals surface area contributed by atoms with E-state index in [1.165, 1.54) is 12.0 Å². The fraction of sp³-hybridized carbons (Fsp3) is 0.600. The second-order valence-corrected chi connectivity index (χ2v) is 6.36. The van der Waals surface area contributed by atoms with Crippen molar-refractivity contribution < 1.29 is 4.42 Å². The second-order valence-electron chi connectivity index (χ2n) is 6.36. The zero-order valence-corrected chi connectivity index (χ0v) is 12.9. The minimum absolute atomic E-state index is 0.692. The molecule has 0 N–H and O–H groups in total. The van der Waals surface area contributed by atoms with Crippen molar-refractivity contribution in [3.8, 4) is 0 Å². The zero-order valence-electron chi connectivity index (χ0n) is 12.9. The molecule has 22 heavy (non-hydrogen) atoms. The Morgan fingerprint density at radius 1 is 1.14 bits per heavy atom. The number of rotatable bonds is 3. The fourth-order valence-corrected chi connectivity index (χ4v) is 3.69. The summed E-state index contributed by atoms with van der Waals surface area (Å²) in [6.07, 6.45) is 3.07. The highest BCUT2D eigenvalue weighted by Gasteiger charge is 2.41. The van der Waals surface area contributed by atoms with E-state index in [1.807, 2.05) is 6.92 Å². The van der Waals surface area contributed by atoms with E-state index in [1.54, 1.807) is 6.33 Å². The third-order valence-electron chi connectivity index (χ3n) is 4.93. The van der Waals surface area contributed by atoms with Crippen LogP contribution < -0.4 is 4.90 Å². The van der Waals surface area contributed by atoms with Gasteiger partial charge in [0.15, 0.2) is 0 Å². The Balaban J connectivity index is 1.42. The number of hydrogen-bond acceptors (Lipinski definition) is 7. The van der Waals surface area contributed by atoms with Gasteiger partial charge in [-0.25, -0.2) is 9.97 Å². The number of aryl methyl sites for hydroxylation is 1. The molecule has 2 aromatic rings. The van der Waals surface area contributed by atoms with E-state index < -0.39 is 0 Å². The first-order valence-corrected chi connectivity index (χ1v) is 7.71. The molecule has 2 saturated heterocycles. The van der Waals surface area contributed by atoms with Crippen molar-refractivity contribution >= 4 is 5.82 Å². The first kappa shape index (κ1) is 13.6. The van der Waals surface area contributed by atoms with Crippen molar-refractivity contribution in [2.24, 2.45) is 11.8 Å². The molecule has 4 heterocycles. The van der Waals surface area contributed by atoms with E-state index >= 15 is 0 Å². The highest BCUT2D eigenvalue weighted by atomic mass is 16.4. The lowest BCUT2D eigenvalue weighted by Crippen LogP contribution is -2.29. The van der Waals surface area contributed by atoms with E-state index in [0.717, 1.165) is 44.2 Å². The second kappa shape index (κ2) is 5.31. The standard InChI is InChI=1S/C15H20N6O/c1-10-11(2)16-8-17-15(10)21-5-12-3-20(4-13(12)6-21)7-14-19-18-9-22-14/h8-9,12-13H,3-7H2,1-2H3. The SMILES string of the molecule is Cc1ncnc(N2CC3CN(Cc4nnco4)CC3C2)c1C. The molecule has 0 radical (unpaired) electrons. The van der Waals surface area contributed by atoms with Gasteiger partial charge in [0.05, 0.1) is 6.54 Å². The van der Waals surface area contributed by atoms with E-state index in [0.29, 0.717) is 17.7 Å². The Kier molecular flexibility index (Phi) is 3.29. The van der Waals surface area contributed by atoms with Gasteiger partial charge in [0, 0.05) is 37.4 Å². The van der Waals surface area contributed by atoms with Crippen LogP contribution in [0.5, 0.6) is 0 Å². The summed E-state index contributed by atoms with van der Waals surface area (Å²) in [4.78, 5) is 13.6. The number of anilines is 1. The summed E-state index contributed by atoms with van der Waals surface area (Å²) in [6.45, 7) is 9.24. The number of likely N-dealkylation sites (tertiary alicyclic amines) is 1. The number of hydrogen-bond donors (Lipinski definition) is 0. The highest BCUT2D eigenvalue weighted by molar-refractivity contribution is 5.48. The summed E-state index contributed by atoms with van der Waals surface area (Å²) in [6, 6.07) is 0. The molecule has 7 nitrogen and oxygen atoms in total. The van der Waals surface area contributed by atoms with Gasteiger partial charge in [0.2, 0.25) is 12.3 Å². The summed E-state index contributed by atoms with van der Waals surface area (Å²) < 4.78 is 5.25. The van der Waals surface area contributed by atoms with Crippen LogP contribution in [0.25, 0.3) is 0 Å². The summed E-state index contributed by atoms with van der Waals surface area (Å²) in [5.41, 5.74) is 2.27. The maximum atomic E-state index is 5.25. The average Bonchev–Trinajstić information content (AvgIpc) is 3.18. The van der Waals surface area contributed by atoms with Gasteiger partial charge >= 0.3 is 0 Å².